The third-order valence-electron chi connectivity index (χ3n) is 3.58. The van der Waals surface area contributed by atoms with Gasteiger partial charge in [-0.2, -0.15) is 0 Å². The van der Waals surface area contributed by atoms with E-state index in [1.165, 1.54) is 31.3 Å². The summed E-state index contributed by atoms with van der Waals surface area (Å²) in [6.07, 6.45) is 7.77. The van der Waals surface area contributed by atoms with Crippen LogP contribution in [-0.2, 0) is 4.79 Å². The molecule has 1 unspecified atom stereocenters. The molecule has 0 saturated heterocycles. The molecule has 0 N–H and O–H groups in total. The number of carbonyl (C=O) groups is 1. The van der Waals surface area contributed by atoms with E-state index in [0.29, 0.717) is 11.7 Å². The molecular weight excluding hydrogens is 160 g/mol. The van der Waals surface area contributed by atoms with Gasteiger partial charge in [0.05, 0.1) is 0 Å². The second-order valence-corrected chi connectivity index (χ2v) is 5.15. The zero-order valence-corrected chi connectivity index (χ0v) is 8.60. The summed E-state index contributed by atoms with van der Waals surface area (Å²) in [4.78, 5) is 11.5. The molecule has 0 aromatic heterocycles. The Labute approximate surface area is 80.2 Å². The van der Waals surface area contributed by atoms with Gasteiger partial charge in [-0.05, 0) is 36.7 Å². The quantitative estimate of drug-likeness (QED) is 0.557. The van der Waals surface area contributed by atoms with Crippen molar-refractivity contribution in [2.45, 2.75) is 46.0 Å². The van der Waals surface area contributed by atoms with Crippen LogP contribution in [0.1, 0.15) is 46.0 Å². The molecule has 0 heterocycles. The Kier molecular flexibility index (Phi) is 2.05. The van der Waals surface area contributed by atoms with E-state index in [9.17, 15) is 4.79 Å². The molecule has 1 atom stereocenters. The topological polar surface area (TPSA) is 17.1 Å². The van der Waals surface area contributed by atoms with Gasteiger partial charge in [-0.15, -0.1) is 0 Å². The van der Waals surface area contributed by atoms with Gasteiger partial charge in [-0.1, -0.05) is 25.8 Å². The van der Waals surface area contributed by atoms with Crippen LogP contribution in [0.15, 0.2) is 11.6 Å². The average Bonchev–Trinajstić information content (AvgIpc) is 2.02. The summed E-state index contributed by atoms with van der Waals surface area (Å²) < 4.78 is 0. The smallest absolute Gasteiger partial charge is 0.156 e. The van der Waals surface area contributed by atoms with Gasteiger partial charge in [0.1, 0.15) is 0 Å². The first-order chi connectivity index (χ1) is 6.09. The number of carbonyl (C=O) groups excluding carboxylic acids is 1. The minimum atomic E-state index is 0.224. The second kappa shape index (κ2) is 2.97. The molecule has 0 aliphatic heterocycles. The lowest BCUT2D eigenvalue weighted by atomic mass is 9.63. The van der Waals surface area contributed by atoms with E-state index in [0.717, 1.165) is 6.42 Å². The third-order valence-corrected chi connectivity index (χ3v) is 3.58. The van der Waals surface area contributed by atoms with Gasteiger partial charge >= 0.3 is 0 Å². The fourth-order valence-electron chi connectivity index (χ4n) is 2.93. The Morgan fingerprint density at radius 2 is 2.15 bits per heavy atom. The Hall–Kier alpha value is -0.590. The van der Waals surface area contributed by atoms with Crippen LogP contribution < -0.4 is 0 Å². The second-order valence-electron chi connectivity index (χ2n) is 5.15. The highest BCUT2D eigenvalue weighted by Gasteiger charge is 2.38. The lowest BCUT2D eigenvalue weighted by Crippen LogP contribution is -2.34. The minimum absolute atomic E-state index is 0.224. The van der Waals surface area contributed by atoms with E-state index in [1.807, 2.05) is 6.08 Å². The minimum Gasteiger partial charge on any atom is -0.295 e. The highest BCUT2D eigenvalue weighted by Crippen LogP contribution is 2.46. The number of fused-ring (bicyclic) bond motifs is 1. The summed E-state index contributed by atoms with van der Waals surface area (Å²) in [6.45, 7) is 4.49. The van der Waals surface area contributed by atoms with Crippen molar-refractivity contribution >= 4 is 5.78 Å². The monoisotopic (exact) mass is 178 g/mol. The van der Waals surface area contributed by atoms with Gasteiger partial charge in [0.2, 0.25) is 0 Å². The molecule has 2 rings (SSSR count). The summed E-state index contributed by atoms with van der Waals surface area (Å²) in [6, 6.07) is 0. The van der Waals surface area contributed by atoms with Crippen molar-refractivity contribution in [3.8, 4) is 0 Å². The summed E-state index contributed by atoms with van der Waals surface area (Å²) in [7, 11) is 0. The maximum atomic E-state index is 11.5. The number of allylic oxidation sites excluding steroid dienone is 2. The first kappa shape index (κ1) is 8.98. The lowest BCUT2D eigenvalue weighted by Gasteiger charge is -2.41. The molecule has 72 valence electrons. The SMILES string of the molecule is CC1(C)CC(=O)C=C2CCCCC21. The lowest BCUT2D eigenvalue weighted by molar-refractivity contribution is -0.118. The first-order valence-electron chi connectivity index (χ1n) is 5.33. The van der Waals surface area contributed by atoms with Gasteiger partial charge in [0, 0.05) is 6.42 Å². The van der Waals surface area contributed by atoms with E-state index in [1.54, 1.807) is 0 Å². The molecule has 0 bridgehead atoms. The standard InChI is InChI=1S/C12H18O/c1-12(2)8-10(13)7-9-5-3-4-6-11(9)12/h7,11H,3-6,8H2,1-2H3. The molecule has 1 fully saturated rings. The molecule has 2 aliphatic carbocycles. The Balaban J connectivity index is 2.31. The van der Waals surface area contributed by atoms with Crippen molar-refractivity contribution < 1.29 is 4.79 Å². The van der Waals surface area contributed by atoms with Crippen LogP contribution in [0.5, 0.6) is 0 Å². The zero-order valence-electron chi connectivity index (χ0n) is 8.60. The van der Waals surface area contributed by atoms with Gasteiger partial charge in [0.25, 0.3) is 0 Å². The van der Waals surface area contributed by atoms with Crippen LogP contribution in [0.3, 0.4) is 0 Å². The van der Waals surface area contributed by atoms with E-state index in [2.05, 4.69) is 13.8 Å². The van der Waals surface area contributed by atoms with Crippen molar-refractivity contribution in [1.82, 2.24) is 0 Å². The maximum Gasteiger partial charge on any atom is 0.156 e. The summed E-state index contributed by atoms with van der Waals surface area (Å²) in [5.41, 5.74) is 1.66. The molecule has 1 heteroatoms. The molecule has 0 aromatic carbocycles. The molecule has 1 saturated carbocycles. The highest BCUT2D eigenvalue weighted by atomic mass is 16.1. The number of ketones is 1. The third kappa shape index (κ3) is 1.56. The van der Waals surface area contributed by atoms with E-state index in [4.69, 9.17) is 0 Å². The summed E-state index contributed by atoms with van der Waals surface area (Å²) in [5.74, 6) is 1.04. The molecule has 0 spiro atoms. The highest BCUT2D eigenvalue weighted by molar-refractivity contribution is 5.92. The molecule has 1 nitrogen and oxygen atoms in total. The van der Waals surface area contributed by atoms with Crippen LogP contribution >= 0.6 is 0 Å². The molecule has 2 aliphatic rings. The van der Waals surface area contributed by atoms with Crippen molar-refractivity contribution in [3.05, 3.63) is 11.6 Å². The van der Waals surface area contributed by atoms with Crippen molar-refractivity contribution in [3.63, 3.8) is 0 Å². The van der Waals surface area contributed by atoms with Crippen molar-refractivity contribution in [1.29, 1.82) is 0 Å². The van der Waals surface area contributed by atoms with E-state index >= 15 is 0 Å². The Bertz CT molecular complexity index is 260. The van der Waals surface area contributed by atoms with Crippen LogP contribution in [0.2, 0.25) is 0 Å². The summed E-state index contributed by atoms with van der Waals surface area (Å²) in [5, 5.41) is 0. The normalized spacial score (nSPS) is 32.3. The van der Waals surface area contributed by atoms with E-state index < -0.39 is 0 Å². The maximum absolute atomic E-state index is 11.5. The fourth-order valence-corrected chi connectivity index (χ4v) is 2.93. The predicted molar refractivity (Wildman–Crippen MR) is 53.4 cm³/mol. The number of rotatable bonds is 0. The summed E-state index contributed by atoms with van der Waals surface area (Å²) >= 11 is 0. The molecular formula is C12H18O. The van der Waals surface area contributed by atoms with Crippen molar-refractivity contribution in [2.75, 3.05) is 0 Å². The van der Waals surface area contributed by atoms with Gasteiger partial charge in [-0.3, -0.25) is 4.79 Å². The van der Waals surface area contributed by atoms with Gasteiger partial charge in [-0.25, -0.2) is 0 Å². The van der Waals surface area contributed by atoms with Crippen molar-refractivity contribution in [2.24, 2.45) is 11.3 Å². The van der Waals surface area contributed by atoms with Crippen LogP contribution in [0.4, 0.5) is 0 Å². The van der Waals surface area contributed by atoms with Crippen LogP contribution in [0, 0.1) is 11.3 Å². The largest absolute Gasteiger partial charge is 0.295 e. The fraction of sp³-hybridized carbons (Fsp3) is 0.750. The molecule has 0 amide bonds. The van der Waals surface area contributed by atoms with Crippen LogP contribution in [-0.4, -0.2) is 5.78 Å². The van der Waals surface area contributed by atoms with Gasteiger partial charge < -0.3 is 0 Å². The molecule has 0 radical (unpaired) electrons. The Morgan fingerprint density at radius 3 is 2.92 bits per heavy atom. The number of hydrogen-bond donors (Lipinski definition) is 0. The van der Waals surface area contributed by atoms with Crippen LogP contribution in [0.25, 0.3) is 0 Å². The van der Waals surface area contributed by atoms with Gasteiger partial charge in [0.15, 0.2) is 5.78 Å². The zero-order chi connectivity index (χ0) is 9.47. The predicted octanol–water partition coefficient (Wildman–Crippen LogP) is 3.10. The number of hydrogen-bond acceptors (Lipinski definition) is 1. The average molecular weight is 178 g/mol. The Morgan fingerprint density at radius 1 is 1.38 bits per heavy atom. The first-order valence-corrected chi connectivity index (χ1v) is 5.33. The molecule has 0 aromatic rings. The van der Waals surface area contributed by atoms with E-state index in [-0.39, 0.29) is 5.41 Å². The molecule has 13 heavy (non-hydrogen) atoms.